The fourth-order valence-electron chi connectivity index (χ4n) is 8.57. The van der Waals surface area contributed by atoms with Crippen molar-refractivity contribution in [1.82, 2.24) is 5.32 Å². The van der Waals surface area contributed by atoms with E-state index in [0.717, 1.165) is 51.4 Å². The van der Waals surface area contributed by atoms with Crippen molar-refractivity contribution in [1.29, 1.82) is 0 Å². The number of aliphatic hydroxyl groups excluding tert-OH is 2. The summed E-state index contributed by atoms with van der Waals surface area (Å²) >= 11 is 0. The molecule has 376 valence electrons. The number of unbranched alkanes of at least 4 members (excludes halogenated alkanes) is 37. The Labute approximate surface area is 398 Å². The van der Waals surface area contributed by atoms with Gasteiger partial charge in [-0.25, -0.2) is 0 Å². The number of carbonyl (C=O) groups is 2. The number of allylic oxidation sites excluding steroid dienone is 5. The Balaban J connectivity index is 3.57. The Morgan fingerprint density at radius 1 is 0.438 bits per heavy atom. The summed E-state index contributed by atoms with van der Waals surface area (Å²) in [5, 5.41) is 23.1. The van der Waals surface area contributed by atoms with Crippen LogP contribution in [0.4, 0.5) is 0 Å². The second-order valence-corrected chi connectivity index (χ2v) is 19.3. The Hall–Kier alpha value is -1.92. The topological polar surface area (TPSA) is 95.9 Å². The largest absolute Gasteiger partial charge is 0.466 e. The molecule has 0 aliphatic rings. The molecular formula is C58H109NO5. The van der Waals surface area contributed by atoms with Crippen LogP contribution < -0.4 is 5.32 Å². The predicted octanol–water partition coefficient (Wildman–Crippen LogP) is 17.2. The molecule has 3 N–H and O–H groups in total. The maximum Gasteiger partial charge on any atom is 0.305 e. The van der Waals surface area contributed by atoms with Gasteiger partial charge in [0.15, 0.2) is 0 Å². The number of hydrogen-bond donors (Lipinski definition) is 3. The lowest BCUT2D eigenvalue weighted by molar-refractivity contribution is -0.143. The van der Waals surface area contributed by atoms with Crippen LogP contribution in [0.1, 0.15) is 296 Å². The van der Waals surface area contributed by atoms with Gasteiger partial charge in [-0.05, 0) is 51.4 Å². The number of nitrogens with one attached hydrogen (secondary N) is 1. The average Bonchev–Trinajstić information content (AvgIpc) is 3.29. The summed E-state index contributed by atoms with van der Waals surface area (Å²) < 4.78 is 5.46. The molecule has 0 heterocycles. The van der Waals surface area contributed by atoms with Crippen molar-refractivity contribution in [2.75, 3.05) is 13.2 Å². The highest BCUT2D eigenvalue weighted by Gasteiger charge is 2.17. The SMILES string of the molecule is CCCCCCCCCCCCCCCCCCCC/C=C/C(O)C(CO)NC(=O)CC/C=C\C/C=C\CCCCCCCCOC(=O)CCCCCCCCCCCCCCCC. The van der Waals surface area contributed by atoms with Gasteiger partial charge in [0, 0.05) is 12.8 Å². The lowest BCUT2D eigenvalue weighted by atomic mass is 10.0. The summed E-state index contributed by atoms with van der Waals surface area (Å²) in [5.74, 6) is -0.163. The Morgan fingerprint density at radius 3 is 1.22 bits per heavy atom. The van der Waals surface area contributed by atoms with E-state index in [1.165, 1.54) is 212 Å². The van der Waals surface area contributed by atoms with Crippen molar-refractivity contribution >= 4 is 11.9 Å². The molecule has 0 aromatic heterocycles. The van der Waals surface area contributed by atoms with E-state index in [9.17, 15) is 19.8 Å². The number of rotatable bonds is 52. The van der Waals surface area contributed by atoms with Gasteiger partial charge in [-0.1, -0.05) is 269 Å². The van der Waals surface area contributed by atoms with Crippen molar-refractivity contribution in [2.24, 2.45) is 0 Å². The molecular weight excluding hydrogens is 791 g/mol. The molecule has 2 unspecified atom stereocenters. The van der Waals surface area contributed by atoms with Gasteiger partial charge in [0.1, 0.15) is 0 Å². The average molecular weight is 901 g/mol. The number of esters is 1. The van der Waals surface area contributed by atoms with Gasteiger partial charge in [0.25, 0.3) is 0 Å². The minimum Gasteiger partial charge on any atom is -0.466 e. The molecule has 0 aliphatic carbocycles. The first-order valence-corrected chi connectivity index (χ1v) is 28.3. The third kappa shape index (κ3) is 49.5. The standard InChI is InChI=1S/C58H109NO5/c1-3-5-7-9-11-13-15-17-19-20-21-22-23-24-26-30-34-38-42-46-50-56(61)55(54-60)59-57(62)51-47-43-39-35-31-27-25-29-33-37-41-45-49-53-64-58(63)52-48-44-40-36-32-28-18-16-14-12-10-8-6-4-2/h27,31,39,43,46,50,55-56,60-61H,3-26,28-30,32-38,40-42,44-45,47-49,51-54H2,1-2H3,(H,59,62)/b31-27-,43-39-,50-46+. The first kappa shape index (κ1) is 62.1. The maximum absolute atomic E-state index is 12.4. The Kier molecular flexibility index (Phi) is 52.1. The molecule has 0 spiro atoms. The lowest BCUT2D eigenvalue weighted by Crippen LogP contribution is -2.45. The van der Waals surface area contributed by atoms with Crippen LogP contribution in [0.3, 0.4) is 0 Å². The fraction of sp³-hybridized carbons (Fsp3) is 0.862. The number of amides is 1. The molecule has 0 saturated heterocycles. The first-order valence-electron chi connectivity index (χ1n) is 28.3. The van der Waals surface area contributed by atoms with Gasteiger partial charge < -0.3 is 20.3 Å². The monoisotopic (exact) mass is 900 g/mol. The third-order valence-corrected chi connectivity index (χ3v) is 12.9. The van der Waals surface area contributed by atoms with Gasteiger partial charge in [-0.2, -0.15) is 0 Å². The quantitative estimate of drug-likeness (QED) is 0.0321. The summed E-state index contributed by atoms with van der Waals surface area (Å²) in [4.78, 5) is 24.5. The van der Waals surface area contributed by atoms with Crippen LogP contribution >= 0.6 is 0 Å². The summed E-state index contributed by atoms with van der Waals surface area (Å²) in [5.41, 5.74) is 0. The highest BCUT2D eigenvalue weighted by Crippen LogP contribution is 2.16. The summed E-state index contributed by atoms with van der Waals surface area (Å²) in [7, 11) is 0. The second kappa shape index (κ2) is 53.7. The van der Waals surface area contributed by atoms with E-state index in [0.29, 0.717) is 25.9 Å². The summed E-state index contributed by atoms with van der Waals surface area (Å²) in [6.45, 7) is 4.85. The highest BCUT2D eigenvalue weighted by molar-refractivity contribution is 5.76. The molecule has 0 aromatic rings. The fourth-order valence-corrected chi connectivity index (χ4v) is 8.57. The molecule has 0 aliphatic heterocycles. The third-order valence-electron chi connectivity index (χ3n) is 12.9. The van der Waals surface area contributed by atoms with Gasteiger partial charge in [0.2, 0.25) is 5.91 Å². The molecule has 0 saturated carbocycles. The van der Waals surface area contributed by atoms with E-state index in [1.807, 2.05) is 12.2 Å². The van der Waals surface area contributed by atoms with E-state index in [-0.39, 0.29) is 18.5 Å². The molecule has 0 radical (unpaired) electrons. The van der Waals surface area contributed by atoms with Gasteiger partial charge in [0.05, 0.1) is 25.4 Å². The Morgan fingerprint density at radius 2 is 0.797 bits per heavy atom. The summed E-state index contributed by atoms with van der Waals surface area (Å²) in [6.07, 6.45) is 66.0. The van der Waals surface area contributed by atoms with E-state index in [1.54, 1.807) is 6.08 Å². The molecule has 64 heavy (non-hydrogen) atoms. The molecule has 0 bridgehead atoms. The van der Waals surface area contributed by atoms with E-state index in [2.05, 4.69) is 37.4 Å². The van der Waals surface area contributed by atoms with E-state index in [4.69, 9.17) is 4.74 Å². The summed E-state index contributed by atoms with van der Waals surface area (Å²) in [6, 6.07) is -0.672. The molecule has 6 heteroatoms. The van der Waals surface area contributed by atoms with Crippen molar-refractivity contribution in [3.63, 3.8) is 0 Å². The zero-order valence-corrected chi connectivity index (χ0v) is 42.8. The van der Waals surface area contributed by atoms with Crippen LogP contribution in [0, 0.1) is 0 Å². The minimum absolute atomic E-state index is 0.0162. The van der Waals surface area contributed by atoms with Crippen LogP contribution in [-0.4, -0.2) is 47.4 Å². The number of hydrogen-bond acceptors (Lipinski definition) is 5. The van der Waals surface area contributed by atoms with E-state index >= 15 is 0 Å². The molecule has 0 fully saturated rings. The normalized spacial score (nSPS) is 12.9. The van der Waals surface area contributed by atoms with Crippen molar-refractivity contribution < 1.29 is 24.5 Å². The molecule has 2 atom stereocenters. The smallest absolute Gasteiger partial charge is 0.305 e. The lowest BCUT2D eigenvalue weighted by Gasteiger charge is -2.19. The second-order valence-electron chi connectivity index (χ2n) is 19.3. The Bertz CT molecular complexity index is 1040. The molecule has 1 amide bonds. The van der Waals surface area contributed by atoms with Crippen LogP contribution in [0.2, 0.25) is 0 Å². The van der Waals surface area contributed by atoms with Crippen molar-refractivity contribution in [3.05, 3.63) is 36.5 Å². The maximum atomic E-state index is 12.4. The zero-order valence-electron chi connectivity index (χ0n) is 42.8. The van der Waals surface area contributed by atoms with Gasteiger partial charge in [-0.15, -0.1) is 0 Å². The molecule has 6 nitrogen and oxygen atoms in total. The van der Waals surface area contributed by atoms with Crippen LogP contribution in [0.5, 0.6) is 0 Å². The van der Waals surface area contributed by atoms with Crippen LogP contribution in [-0.2, 0) is 14.3 Å². The van der Waals surface area contributed by atoms with Crippen LogP contribution in [0.25, 0.3) is 0 Å². The number of carbonyl (C=O) groups excluding carboxylic acids is 2. The molecule has 0 rings (SSSR count). The van der Waals surface area contributed by atoms with Gasteiger partial charge in [-0.3, -0.25) is 9.59 Å². The molecule has 0 aromatic carbocycles. The van der Waals surface area contributed by atoms with Gasteiger partial charge >= 0.3 is 5.97 Å². The number of aliphatic hydroxyl groups is 2. The predicted molar refractivity (Wildman–Crippen MR) is 278 cm³/mol. The van der Waals surface area contributed by atoms with Crippen molar-refractivity contribution in [3.8, 4) is 0 Å². The highest BCUT2D eigenvalue weighted by atomic mass is 16.5. The van der Waals surface area contributed by atoms with E-state index < -0.39 is 12.1 Å². The first-order chi connectivity index (χ1) is 31.5. The zero-order chi connectivity index (χ0) is 46.5. The number of ether oxygens (including phenoxy) is 1. The van der Waals surface area contributed by atoms with Crippen LogP contribution in [0.15, 0.2) is 36.5 Å². The minimum atomic E-state index is -0.880. The van der Waals surface area contributed by atoms with Crippen molar-refractivity contribution in [2.45, 2.75) is 309 Å².